The molecule has 90 valence electrons. The van der Waals surface area contributed by atoms with E-state index in [1.54, 1.807) is 12.0 Å². The van der Waals surface area contributed by atoms with E-state index >= 15 is 0 Å². The van der Waals surface area contributed by atoms with Gasteiger partial charge in [0.2, 0.25) is 5.91 Å². The average Bonchev–Trinajstić information content (AvgIpc) is 2.17. The van der Waals surface area contributed by atoms with E-state index in [-0.39, 0.29) is 11.9 Å². The lowest BCUT2D eigenvalue weighted by Gasteiger charge is -2.24. The highest BCUT2D eigenvalue weighted by atomic mass is 16.5. The molecule has 0 aliphatic carbocycles. The molecule has 4 heteroatoms. The van der Waals surface area contributed by atoms with Crippen LogP contribution in [0.25, 0.3) is 0 Å². The summed E-state index contributed by atoms with van der Waals surface area (Å²) in [6, 6.07) is -0.373. The molecule has 0 spiro atoms. The summed E-state index contributed by atoms with van der Waals surface area (Å²) in [5.74, 6) is 0.480. The smallest absolute Gasteiger partial charge is 0.239 e. The Morgan fingerprint density at radius 2 is 2.07 bits per heavy atom. The molecular formula is C11H24N2O2. The van der Waals surface area contributed by atoms with Crippen molar-refractivity contribution in [3.63, 3.8) is 0 Å². The highest BCUT2D eigenvalue weighted by Crippen LogP contribution is 2.05. The first kappa shape index (κ1) is 14.4. The number of carbonyl (C=O) groups excluding carboxylic acids is 1. The van der Waals surface area contributed by atoms with Crippen molar-refractivity contribution in [3.8, 4) is 0 Å². The lowest BCUT2D eigenvalue weighted by Crippen LogP contribution is -2.45. The topological polar surface area (TPSA) is 55.6 Å². The van der Waals surface area contributed by atoms with Crippen LogP contribution in [0.3, 0.4) is 0 Å². The first-order valence-electron chi connectivity index (χ1n) is 5.56. The summed E-state index contributed by atoms with van der Waals surface area (Å²) in [5.41, 5.74) is 5.83. The van der Waals surface area contributed by atoms with Crippen molar-refractivity contribution in [1.82, 2.24) is 4.90 Å². The lowest BCUT2D eigenvalue weighted by molar-refractivity contribution is -0.133. The van der Waals surface area contributed by atoms with Gasteiger partial charge in [-0.25, -0.2) is 0 Å². The molecule has 0 aromatic rings. The molecule has 4 nitrogen and oxygen atoms in total. The van der Waals surface area contributed by atoms with Gasteiger partial charge in [0, 0.05) is 20.2 Å². The van der Waals surface area contributed by atoms with Crippen LogP contribution in [0.4, 0.5) is 0 Å². The van der Waals surface area contributed by atoms with Gasteiger partial charge in [-0.3, -0.25) is 4.79 Å². The van der Waals surface area contributed by atoms with Crippen LogP contribution in [0.2, 0.25) is 0 Å². The Morgan fingerprint density at radius 1 is 1.47 bits per heavy atom. The van der Waals surface area contributed by atoms with Gasteiger partial charge in [-0.2, -0.15) is 0 Å². The molecule has 2 N–H and O–H groups in total. The second-order valence-corrected chi connectivity index (χ2v) is 4.15. The molecule has 0 radical (unpaired) electrons. The predicted molar refractivity (Wildman–Crippen MR) is 61.6 cm³/mol. The van der Waals surface area contributed by atoms with Crippen molar-refractivity contribution in [3.05, 3.63) is 0 Å². The third kappa shape index (κ3) is 5.74. The van der Waals surface area contributed by atoms with Crippen LogP contribution in [0.1, 0.15) is 27.2 Å². The summed E-state index contributed by atoms with van der Waals surface area (Å²) in [6.07, 6.45) is 0.738. The van der Waals surface area contributed by atoms with Crippen molar-refractivity contribution in [2.75, 3.05) is 26.8 Å². The maximum Gasteiger partial charge on any atom is 0.239 e. The van der Waals surface area contributed by atoms with E-state index in [9.17, 15) is 4.79 Å². The molecule has 0 fully saturated rings. The fraction of sp³-hybridized carbons (Fsp3) is 0.909. The number of nitrogens with zero attached hydrogens (tertiary/aromatic N) is 1. The van der Waals surface area contributed by atoms with Gasteiger partial charge < -0.3 is 15.4 Å². The molecule has 0 unspecified atom stereocenters. The number of likely N-dealkylation sites (N-methyl/N-ethyl adjacent to an activating group) is 1. The zero-order valence-electron chi connectivity index (χ0n) is 10.3. The van der Waals surface area contributed by atoms with Gasteiger partial charge in [0.15, 0.2) is 0 Å². The standard InChI is InChI=1S/C11H24N2O2/c1-5-13(6-7-15-4)11(14)10(12)8-9(2)3/h9-10H,5-8,12H2,1-4H3/t10-/m0/s1. The Hall–Kier alpha value is -0.610. The molecule has 0 aromatic heterocycles. The monoisotopic (exact) mass is 216 g/mol. The van der Waals surface area contributed by atoms with Crippen LogP contribution in [-0.2, 0) is 9.53 Å². The highest BCUT2D eigenvalue weighted by molar-refractivity contribution is 5.81. The zero-order chi connectivity index (χ0) is 11.8. The Kier molecular flexibility index (Phi) is 7.34. The molecule has 1 amide bonds. The number of hydrogen-bond acceptors (Lipinski definition) is 3. The van der Waals surface area contributed by atoms with Gasteiger partial charge in [-0.15, -0.1) is 0 Å². The molecule has 0 saturated heterocycles. The van der Waals surface area contributed by atoms with Gasteiger partial charge in [0.05, 0.1) is 12.6 Å². The van der Waals surface area contributed by atoms with Crippen molar-refractivity contribution < 1.29 is 9.53 Å². The van der Waals surface area contributed by atoms with Crippen molar-refractivity contribution in [2.24, 2.45) is 11.7 Å². The van der Waals surface area contributed by atoms with Gasteiger partial charge in [0.1, 0.15) is 0 Å². The summed E-state index contributed by atoms with van der Waals surface area (Å²) in [5, 5.41) is 0. The molecule has 0 bridgehead atoms. The average molecular weight is 216 g/mol. The van der Waals surface area contributed by atoms with E-state index in [0.29, 0.717) is 25.6 Å². The Labute approximate surface area is 92.8 Å². The lowest BCUT2D eigenvalue weighted by atomic mass is 10.0. The fourth-order valence-electron chi connectivity index (χ4n) is 1.47. The number of ether oxygens (including phenoxy) is 1. The number of carbonyl (C=O) groups is 1. The van der Waals surface area contributed by atoms with Gasteiger partial charge in [-0.05, 0) is 19.3 Å². The van der Waals surface area contributed by atoms with Crippen LogP contribution < -0.4 is 5.73 Å². The third-order valence-electron chi connectivity index (χ3n) is 2.30. The Balaban J connectivity index is 4.11. The van der Waals surface area contributed by atoms with Crippen LogP contribution in [0, 0.1) is 5.92 Å². The van der Waals surface area contributed by atoms with Crippen molar-refractivity contribution in [2.45, 2.75) is 33.2 Å². The molecule has 0 aromatic carbocycles. The second kappa shape index (κ2) is 7.65. The van der Waals surface area contributed by atoms with Crippen molar-refractivity contribution >= 4 is 5.91 Å². The summed E-state index contributed by atoms with van der Waals surface area (Å²) < 4.78 is 4.95. The minimum atomic E-state index is -0.373. The minimum Gasteiger partial charge on any atom is -0.383 e. The van der Waals surface area contributed by atoms with Crippen LogP contribution in [-0.4, -0.2) is 43.7 Å². The predicted octanol–water partition coefficient (Wildman–Crippen LogP) is 0.855. The van der Waals surface area contributed by atoms with Crippen LogP contribution >= 0.6 is 0 Å². The minimum absolute atomic E-state index is 0.0308. The second-order valence-electron chi connectivity index (χ2n) is 4.15. The summed E-state index contributed by atoms with van der Waals surface area (Å²) >= 11 is 0. The van der Waals surface area contributed by atoms with E-state index in [1.807, 2.05) is 6.92 Å². The third-order valence-corrected chi connectivity index (χ3v) is 2.30. The molecule has 0 aliphatic heterocycles. The summed E-state index contributed by atoms with van der Waals surface area (Å²) in [4.78, 5) is 13.6. The molecule has 0 aliphatic rings. The normalized spacial score (nSPS) is 12.9. The number of hydrogen-bond donors (Lipinski definition) is 1. The first-order chi connectivity index (χ1) is 7.02. The number of amides is 1. The molecule has 1 atom stereocenters. The maximum absolute atomic E-state index is 11.9. The van der Waals surface area contributed by atoms with E-state index in [1.165, 1.54) is 0 Å². The van der Waals surface area contributed by atoms with E-state index in [4.69, 9.17) is 10.5 Å². The summed E-state index contributed by atoms with van der Waals surface area (Å²) in [6.45, 7) is 7.96. The molecular weight excluding hydrogens is 192 g/mol. The van der Waals surface area contributed by atoms with Crippen molar-refractivity contribution in [1.29, 1.82) is 0 Å². The van der Waals surface area contributed by atoms with Gasteiger partial charge in [-0.1, -0.05) is 13.8 Å². The first-order valence-corrected chi connectivity index (χ1v) is 5.56. The molecule has 15 heavy (non-hydrogen) atoms. The largest absolute Gasteiger partial charge is 0.383 e. The van der Waals surface area contributed by atoms with E-state index in [2.05, 4.69) is 13.8 Å². The van der Waals surface area contributed by atoms with Gasteiger partial charge in [0.25, 0.3) is 0 Å². The fourth-order valence-corrected chi connectivity index (χ4v) is 1.47. The Morgan fingerprint density at radius 3 is 2.47 bits per heavy atom. The number of rotatable bonds is 7. The molecule has 0 heterocycles. The van der Waals surface area contributed by atoms with Crippen LogP contribution in [0.15, 0.2) is 0 Å². The quantitative estimate of drug-likeness (QED) is 0.686. The zero-order valence-corrected chi connectivity index (χ0v) is 10.3. The molecule has 0 saturated carbocycles. The van der Waals surface area contributed by atoms with E-state index in [0.717, 1.165) is 6.42 Å². The highest BCUT2D eigenvalue weighted by Gasteiger charge is 2.20. The van der Waals surface area contributed by atoms with Crippen LogP contribution in [0.5, 0.6) is 0 Å². The summed E-state index contributed by atoms with van der Waals surface area (Å²) in [7, 11) is 1.63. The van der Waals surface area contributed by atoms with Gasteiger partial charge >= 0.3 is 0 Å². The Bertz CT molecular complexity index is 183. The number of nitrogens with two attached hydrogens (primary N) is 1. The SMILES string of the molecule is CCN(CCOC)C(=O)[C@@H](N)CC(C)C. The molecule has 0 rings (SSSR count). The number of methoxy groups -OCH3 is 1. The maximum atomic E-state index is 11.9. The van der Waals surface area contributed by atoms with E-state index < -0.39 is 0 Å².